The Kier molecular flexibility index (Phi) is 7.30. The minimum Gasteiger partial charge on any atom is -0.351 e. The summed E-state index contributed by atoms with van der Waals surface area (Å²) >= 11 is 1.59. The molecule has 9 heteroatoms. The topological polar surface area (TPSA) is 96.0 Å². The summed E-state index contributed by atoms with van der Waals surface area (Å²) in [5, 5.41) is 8.11. The van der Waals surface area contributed by atoms with E-state index in [1.54, 1.807) is 18.0 Å². The molecule has 0 atom stereocenters. The van der Waals surface area contributed by atoms with E-state index in [4.69, 9.17) is 4.98 Å². The SMILES string of the molecule is CC1(C)CC(Nc2nccc(Sc3ccc(CCNS(C)(=O)=O)cc3)n2)CC(C)(C)N1. The second-order valence-corrected chi connectivity index (χ2v) is 12.5. The average molecular weight is 464 g/mol. The molecule has 0 unspecified atom stereocenters. The molecule has 2 heterocycles. The summed E-state index contributed by atoms with van der Waals surface area (Å²) < 4.78 is 24.8. The van der Waals surface area contributed by atoms with Gasteiger partial charge < -0.3 is 10.6 Å². The van der Waals surface area contributed by atoms with Crippen molar-refractivity contribution in [3.05, 3.63) is 42.1 Å². The van der Waals surface area contributed by atoms with Crippen LogP contribution in [0.4, 0.5) is 5.95 Å². The van der Waals surface area contributed by atoms with E-state index in [1.165, 1.54) is 6.26 Å². The molecule has 1 aromatic heterocycles. The highest BCUT2D eigenvalue weighted by molar-refractivity contribution is 7.99. The number of aromatic nitrogens is 2. The lowest BCUT2D eigenvalue weighted by Crippen LogP contribution is -2.60. The fourth-order valence-electron chi connectivity index (χ4n) is 4.30. The van der Waals surface area contributed by atoms with E-state index in [-0.39, 0.29) is 11.1 Å². The number of anilines is 1. The molecule has 2 aromatic rings. The van der Waals surface area contributed by atoms with Gasteiger partial charge in [-0.3, -0.25) is 0 Å². The Morgan fingerprint density at radius 2 is 1.74 bits per heavy atom. The van der Waals surface area contributed by atoms with Crippen molar-refractivity contribution in [2.24, 2.45) is 0 Å². The maximum atomic E-state index is 11.2. The molecule has 0 spiro atoms. The Morgan fingerprint density at radius 1 is 1.10 bits per heavy atom. The van der Waals surface area contributed by atoms with Crippen molar-refractivity contribution in [2.45, 2.75) is 74.0 Å². The van der Waals surface area contributed by atoms with E-state index < -0.39 is 10.0 Å². The summed E-state index contributed by atoms with van der Waals surface area (Å²) in [6.45, 7) is 9.33. The van der Waals surface area contributed by atoms with Gasteiger partial charge in [0.15, 0.2) is 0 Å². The predicted octanol–water partition coefficient (Wildman–Crippen LogP) is 3.44. The minimum absolute atomic E-state index is 0.0599. The van der Waals surface area contributed by atoms with E-state index in [9.17, 15) is 8.42 Å². The quantitative estimate of drug-likeness (QED) is 0.516. The fourth-order valence-corrected chi connectivity index (χ4v) is 5.55. The van der Waals surface area contributed by atoms with Crippen LogP contribution in [0.2, 0.25) is 0 Å². The molecule has 0 aliphatic carbocycles. The fraction of sp³-hybridized carbons (Fsp3) is 0.545. The molecule has 31 heavy (non-hydrogen) atoms. The van der Waals surface area contributed by atoms with Gasteiger partial charge in [-0.15, -0.1) is 0 Å². The molecule has 3 rings (SSSR count). The Bertz CT molecular complexity index is 975. The molecular weight excluding hydrogens is 430 g/mol. The van der Waals surface area contributed by atoms with Gasteiger partial charge in [0.05, 0.1) is 6.26 Å². The van der Waals surface area contributed by atoms with Gasteiger partial charge in [0.2, 0.25) is 16.0 Å². The van der Waals surface area contributed by atoms with E-state index in [0.717, 1.165) is 28.3 Å². The van der Waals surface area contributed by atoms with E-state index in [0.29, 0.717) is 25.0 Å². The van der Waals surface area contributed by atoms with Crippen molar-refractivity contribution in [1.82, 2.24) is 20.0 Å². The monoisotopic (exact) mass is 463 g/mol. The highest BCUT2D eigenvalue weighted by atomic mass is 32.2. The molecule has 0 amide bonds. The summed E-state index contributed by atoms with van der Waals surface area (Å²) in [6.07, 6.45) is 5.63. The zero-order chi connectivity index (χ0) is 22.7. The Hall–Kier alpha value is -1.68. The van der Waals surface area contributed by atoms with Crippen LogP contribution in [0.5, 0.6) is 0 Å². The smallest absolute Gasteiger partial charge is 0.223 e. The van der Waals surface area contributed by atoms with Crippen molar-refractivity contribution in [3.8, 4) is 0 Å². The van der Waals surface area contributed by atoms with Crippen molar-refractivity contribution in [1.29, 1.82) is 0 Å². The summed E-state index contributed by atoms with van der Waals surface area (Å²) in [4.78, 5) is 10.2. The maximum Gasteiger partial charge on any atom is 0.223 e. The minimum atomic E-state index is -3.15. The molecular formula is C22H33N5O2S2. The summed E-state index contributed by atoms with van der Waals surface area (Å²) in [5.41, 5.74) is 1.20. The van der Waals surface area contributed by atoms with Gasteiger partial charge in [-0.05, 0) is 70.7 Å². The van der Waals surface area contributed by atoms with E-state index >= 15 is 0 Å². The molecule has 1 aliphatic heterocycles. The highest BCUT2D eigenvalue weighted by Crippen LogP contribution is 2.31. The zero-order valence-electron chi connectivity index (χ0n) is 18.9. The van der Waals surface area contributed by atoms with Crippen LogP contribution in [-0.4, -0.2) is 48.3 Å². The Labute approximate surface area is 190 Å². The maximum absolute atomic E-state index is 11.2. The van der Waals surface area contributed by atoms with Gasteiger partial charge >= 0.3 is 0 Å². The van der Waals surface area contributed by atoms with Gasteiger partial charge in [0.25, 0.3) is 0 Å². The lowest BCUT2D eigenvalue weighted by atomic mass is 9.80. The Balaban J connectivity index is 1.59. The number of piperidine rings is 1. The third kappa shape index (κ3) is 8.07. The second-order valence-electron chi connectivity index (χ2n) is 9.52. The molecule has 3 N–H and O–H groups in total. The van der Waals surface area contributed by atoms with Gasteiger partial charge in [-0.2, -0.15) is 0 Å². The van der Waals surface area contributed by atoms with E-state index in [1.807, 2.05) is 30.3 Å². The van der Waals surface area contributed by atoms with Gasteiger partial charge in [0, 0.05) is 34.8 Å². The first-order chi connectivity index (χ1) is 14.4. The normalized spacial score (nSPS) is 18.6. The molecule has 0 bridgehead atoms. The van der Waals surface area contributed by atoms with Crippen LogP contribution in [0.15, 0.2) is 46.5 Å². The van der Waals surface area contributed by atoms with Crippen molar-refractivity contribution >= 4 is 27.7 Å². The number of hydrogen-bond acceptors (Lipinski definition) is 7. The lowest BCUT2D eigenvalue weighted by Gasteiger charge is -2.46. The number of nitrogens with one attached hydrogen (secondary N) is 3. The third-order valence-corrected chi connectivity index (χ3v) is 6.75. The lowest BCUT2D eigenvalue weighted by molar-refractivity contribution is 0.170. The summed E-state index contributed by atoms with van der Waals surface area (Å²) in [6, 6.07) is 10.3. The van der Waals surface area contributed by atoms with Crippen molar-refractivity contribution in [3.63, 3.8) is 0 Å². The van der Waals surface area contributed by atoms with Crippen LogP contribution in [0.3, 0.4) is 0 Å². The number of rotatable bonds is 8. The predicted molar refractivity (Wildman–Crippen MR) is 127 cm³/mol. The standard InChI is InChI=1S/C22H33N5O2S2/c1-21(2)14-17(15-22(3,4)27-21)25-20-23-12-11-19(26-20)30-18-8-6-16(7-9-18)10-13-24-31(5,28)29/h6-9,11-12,17,24,27H,10,13-15H2,1-5H3,(H,23,25,26). The van der Waals surface area contributed by atoms with Crippen molar-refractivity contribution < 1.29 is 8.42 Å². The average Bonchev–Trinajstić information content (AvgIpc) is 2.60. The third-order valence-electron chi connectivity index (χ3n) is 5.08. The molecule has 1 aromatic carbocycles. The van der Waals surface area contributed by atoms with Crippen LogP contribution < -0.4 is 15.4 Å². The number of benzene rings is 1. The van der Waals surface area contributed by atoms with Crippen molar-refractivity contribution in [2.75, 3.05) is 18.1 Å². The molecule has 1 aliphatic rings. The molecule has 170 valence electrons. The zero-order valence-corrected chi connectivity index (χ0v) is 20.5. The molecule has 0 saturated carbocycles. The first kappa shape index (κ1) is 24.0. The second kappa shape index (κ2) is 9.44. The highest BCUT2D eigenvalue weighted by Gasteiger charge is 2.37. The van der Waals surface area contributed by atoms with Gasteiger partial charge in [-0.25, -0.2) is 23.1 Å². The number of nitrogens with zero attached hydrogens (tertiary/aromatic N) is 2. The number of hydrogen-bond donors (Lipinski definition) is 3. The summed E-state index contributed by atoms with van der Waals surface area (Å²) in [7, 11) is -3.15. The van der Waals surface area contributed by atoms with Crippen LogP contribution >= 0.6 is 11.8 Å². The van der Waals surface area contributed by atoms with E-state index in [2.05, 4.69) is 48.0 Å². The summed E-state index contributed by atoms with van der Waals surface area (Å²) in [5.74, 6) is 0.659. The first-order valence-electron chi connectivity index (χ1n) is 10.5. The number of sulfonamides is 1. The van der Waals surface area contributed by atoms with Gasteiger partial charge in [0.1, 0.15) is 5.03 Å². The molecule has 1 saturated heterocycles. The van der Waals surface area contributed by atoms with Crippen LogP contribution in [0.1, 0.15) is 46.1 Å². The van der Waals surface area contributed by atoms with Gasteiger partial charge in [-0.1, -0.05) is 23.9 Å². The molecule has 0 radical (unpaired) electrons. The largest absolute Gasteiger partial charge is 0.351 e. The van der Waals surface area contributed by atoms with Crippen LogP contribution in [0, 0.1) is 0 Å². The van der Waals surface area contributed by atoms with Crippen LogP contribution in [-0.2, 0) is 16.4 Å². The molecule has 1 fully saturated rings. The molecule has 7 nitrogen and oxygen atoms in total. The first-order valence-corrected chi connectivity index (χ1v) is 13.2. The van der Waals surface area contributed by atoms with Crippen LogP contribution in [0.25, 0.3) is 0 Å². The Morgan fingerprint density at radius 3 is 2.35 bits per heavy atom.